The van der Waals surface area contributed by atoms with Crippen molar-refractivity contribution in [1.29, 1.82) is 0 Å². The average Bonchev–Trinajstić information content (AvgIpc) is 2.39. The third-order valence-corrected chi connectivity index (χ3v) is 3.70. The molecule has 3 nitrogen and oxygen atoms in total. The molecule has 0 amide bonds. The van der Waals surface area contributed by atoms with Crippen molar-refractivity contribution in [2.45, 2.75) is 25.3 Å². The van der Waals surface area contributed by atoms with E-state index in [1.54, 1.807) is 0 Å². The van der Waals surface area contributed by atoms with Crippen LogP contribution >= 0.6 is 0 Å². The van der Waals surface area contributed by atoms with Gasteiger partial charge in [0.15, 0.2) is 0 Å². The smallest absolute Gasteiger partial charge is 0.0627 e. The molecule has 1 heterocycles. The summed E-state index contributed by atoms with van der Waals surface area (Å²) in [4.78, 5) is 2.38. The molecule has 1 aromatic rings. The van der Waals surface area contributed by atoms with Crippen LogP contribution in [0.25, 0.3) is 0 Å². The Morgan fingerprint density at radius 1 is 1.41 bits per heavy atom. The van der Waals surface area contributed by atoms with Crippen LogP contribution in [0.1, 0.15) is 18.9 Å². The maximum absolute atomic E-state index is 9.47. The number of benzene rings is 1. The van der Waals surface area contributed by atoms with Gasteiger partial charge in [-0.1, -0.05) is 18.2 Å². The highest BCUT2D eigenvalue weighted by molar-refractivity contribution is 5.55. The lowest BCUT2D eigenvalue weighted by atomic mass is 9.97. The highest BCUT2D eigenvalue weighted by atomic mass is 16.3. The number of aliphatic hydroxyl groups excluding tert-OH is 1. The van der Waals surface area contributed by atoms with Crippen LogP contribution in [0.5, 0.6) is 0 Å². The third kappa shape index (κ3) is 2.61. The molecule has 0 aromatic heterocycles. The predicted octanol–water partition coefficient (Wildman–Crippen LogP) is 1.41. The highest BCUT2D eigenvalue weighted by Gasteiger charge is 2.26. The van der Waals surface area contributed by atoms with Crippen molar-refractivity contribution < 1.29 is 5.11 Å². The average molecular weight is 234 g/mol. The molecule has 1 atom stereocenters. The Morgan fingerprint density at radius 3 is 2.88 bits per heavy atom. The van der Waals surface area contributed by atoms with Gasteiger partial charge in [-0.15, -0.1) is 0 Å². The van der Waals surface area contributed by atoms with E-state index >= 15 is 0 Å². The molecule has 0 fully saturated rings. The van der Waals surface area contributed by atoms with E-state index in [1.807, 2.05) is 7.05 Å². The first-order valence-corrected chi connectivity index (χ1v) is 6.31. The van der Waals surface area contributed by atoms with Gasteiger partial charge in [0.05, 0.1) is 12.1 Å². The zero-order valence-electron chi connectivity index (χ0n) is 10.7. The van der Waals surface area contributed by atoms with Gasteiger partial charge in [0.2, 0.25) is 0 Å². The van der Waals surface area contributed by atoms with Gasteiger partial charge in [-0.05, 0) is 38.4 Å². The number of aryl methyl sites for hydroxylation is 1. The number of nitrogens with one attached hydrogen (secondary N) is 1. The highest BCUT2D eigenvalue weighted by Crippen LogP contribution is 2.27. The normalized spacial score (nSPS) is 18.6. The lowest BCUT2D eigenvalue weighted by Gasteiger charge is -2.38. The first-order chi connectivity index (χ1) is 8.18. The molecule has 1 aliphatic rings. The van der Waals surface area contributed by atoms with Gasteiger partial charge in [-0.25, -0.2) is 0 Å². The number of likely N-dealkylation sites (N-methyl/N-ethyl adjacent to an activating group) is 1. The molecule has 3 heteroatoms. The lowest BCUT2D eigenvalue weighted by molar-refractivity contribution is 0.185. The second-order valence-electron chi connectivity index (χ2n) is 5.12. The Balaban J connectivity index is 2.19. The van der Waals surface area contributed by atoms with Crippen LogP contribution in [0.15, 0.2) is 24.3 Å². The zero-order chi connectivity index (χ0) is 12.3. The summed E-state index contributed by atoms with van der Waals surface area (Å²) in [6, 6.07) is 8.58. The predicted molar refractivity (Wildman–Crippen MR) is 71.5 cm³/mol. The molecule has 2 N–H and O–H groups in total. The standard InChI is InChI=1S/C14H22N2O/c1-14(11-17,15-2)10-16-9-5-7-12-6-3-4-8-13(12)16/h3-4,6,8,15,17H,5,7,9-11H2,1-2H3. The molecule has 94 valence electrons. The molecule has 0 aliphatic carbocycles. The van der Waals surface area contributed by atoms with Gasteiger partial charge in [-0.3, -0.25) is 0 Å². The van der Waals surface area contributed by atoms with Gasteiger partial charge in [-0.2, -0.15) is 0 Å². The molecule has 1 aromatic carbocycles. The molecule has 0 radical (unpaired) electrons. The van der Waals surface area contributed by atoms with E-state index in [0.717, 1.165) is 13.1 Å². The fraction of sp³-hybridized carbons (Fsp3) is 0.571. The summed E-state index contributed by atoms with van der Waals surface area (Å²) in [5.41, 5.74) is 2.52. The second kappa shape index (κ2) is 5.07. The van der Waals surface area contributed by atoms with Crippen molar-refractivity contribution in [1.82, 2.24) is 5.32 Å². The number of rotatable bonds is 4. The molecule has 0 saturated heterocycles. The summed E-state index contributed by atoms with van der Waals surface area (Å²) >= 11 is 0. The first kappa shape index (κ1) is 12.4. The van der Waals surface area contributed by atoms with Crippen LogP contribution < -0.4 is 10.2 Å². The van der Waals surface area contributed by atoms with Gasteiger partial charge in [0.25, 0.3) is 0 Å². The van der Waals surface area contributed by atoms with Crippen molar-refractivity contribution in [3.63, 3.8) is 0 Å². The van der Waals surface area contributed by atoms with E-state index < -0.39 is 0 Å². The molecular weight excluding hydrogens is 212 g/mol. The Labute approximate surface area is 103 Å². The van der Waals surface area contributed by atoms with Crippen LogP contribution in [0.3, 0.4) is 0 Å². The molecular formula is C14H22N2O. The largest absolute Gasteiger partial charge is 0.394 e. The van der Waals surface area contributed by atoms with Gasteiger partial charge in [0.1, 0.15) is 0 Å². The van der Waals surface area contributed by atoms with Crippen LogP contribution in [0, 0.1) is 0 Å². The van der Waals surface area contributed by atoms with Crippen molar-refractivity contribution in [2.24, 2.45) is 0 Å². The monoisotopic (exact) mass is 234 g/mol. The summed E-state index contributed by atoms with van der Waals surface area (Å²) in [5.74, 6) is 0. The maximum atomic E-state index is 9.47. The van der Waals surface area contributed by atoms with Gasteiger partial charge in [0, 0.05) is 18.8 Å². The van der Waals surface area contributed by atoms with Crippen molar-refractivity contribution in [2.75, 3.05) is 31.6 Å². The molecule has 1 unspecified atom stereocenters. The zero-order valence-corrected chi connectivity index (χ0v) is 10.7. The van der Waals surface area contributed by atoms with Crippen molar-refractivity contribution >= 4 is 5.69 Å². The van der Waals surface area contributed by atoms with Gasteiger partial charge < -0.3 is 15.3 Å². The molecule has 1 aliphatic heterocycles. The quantitative estimate of drug-likeness (QED) is 0.827. The molecule has 2 rings (SSSR count). The minimum absolute atomic E-state index is 0.155. The number of fused-ring (bicyclic) bond motifs is 1. The molecule has 0 bridgehead atoms. The van der Waals surface area contributed by atoms with E-state index in [-0.39, 0.29) is 12.1 Å². The minimum Gasteiger partial charge on any atom is -0.394 e. The van der Waals surface area contributed by atoms with E-state index in [9.17, 15) is 5.11 Å². The fourth-order valence-corrected chi connectivity index (χ4v) is 2.41. The van der Waals surface area contributed by atoms with Crippen LogP contribution in [-0.4, -0.2) is 37.4 Å². The number of aliphatic hydroxyl groups is 1. The Kier molecular flexibility index (Phi) is 3.69. The number of hydrogen-bond donors (Lipinski definition) is 2. The Morgan fingerprint density at radius 2 is 2.18 bits per heavy atom. The van der Waals surface area contributed by atoms with Crippen molar-refractivity contribution in [3.8, 4) is 0 Å². The molecule has 17 heavy (non-hydrogen) atoms. The number of anilines is 1. The number of hydrogen-bond acceptors (Lipinski definition) is 3. The lowest BCUT2D eigenvalue weighted by Crippen LogP contribution is -2.53. The van der Waals surface area contributed by atoms with Crippen LogP contribution in [0.2, 0.25) is 0 Å². The summed E-state index contributed by atoms with van der Waals surface area (Å²) in [6.07, 6.45) is 2.37. The van der Waals surface area contributed by atoms with Crippen LogP contribution in [-0.2, 0) is 6.42 Å². The Bertz CT molecular complexity index is 374. The van der Waals surface area contributed by atoms with E-state index in [2.05, 4.69) is 41.4 Å². The number of nitrogens with zero attached hydrogens (tertiary/aromatic N) is 1. The fourth-order valence-electron chi connectivity index (χ4n) is 2.41. The summed E-state index contributed by atoms with van der Waals surface area (Å²) in [5, 5.41) is 12.7. The third-order valence-electron chi connectivity index (χ3n) is 3.70. The van der Waals surface area contributed by atoms with Crippen molar-refractivity contribution in [3.05, 3.63) is 29.8 Å². The maximum Gasteiger partial charge on any atom is 0.0627 e. The van der Waals surface area contributed by atoms with E-state index in [1.165, 1.54) is 24.1 Å². The summed E-state index contributed by atoms with van der Waals surface area (Å²) in [6.45, 7) is 4.14. The van der Waals surface area contributed by atoms with E-state index in [0.29, 0.717) is 0 Å². The van der Waals surface area contributed by atoms with Gasteiger partial charge >= 0.3 is 0 Å². The Hall–Kier alpha value is -1.06. The van der Waals surface area contributed by atoms with E-state index in [4.69, 9.17) is 0 Å². The SMILES string of the molecule is CNC(C)(CO)CN1CCCc2ccccc21. The molecule has 0 saturated carbocycles. The topological polar surface area (TPSA) is 35.5 Å². The summed E-state index contributed by atoms with van der Waals surface area (Å²) < 4.78 is 0. The second-order valence-corrected chi connectivity index (χ2v) is 5.12. The molecule has 0 spiro atoms. The number of para-hydroxylation sites is 1. The minimum atomic E-state index is -0.232. The summed E-state index contributed by atoms with van der Waals surface area (Å²) in [7, 11) is 1.91. The van der Waals surface area contributed by atoms with Crippen LogP contribution in [0.4, 0.5) is 5.69 Å². The first-order valence-electron chi connectivity index (χ1n) is 6.31.